The van der Waals surface area contributed by atoms with Crippen molar-refractivity contribution in [3.8, 4) is 0 Å². The first-order valence-electron chi connectivity index (χ1n) is 10.6. The molecule has 2 aromatic rings. The fourth-order valence-corrected chi connectivity index (χ4v) is 8.13. The van der Waals surface area contributed by atoms with Gasteiger partial charge in [0.2, 0.25) is 0 Å². The van der Waals surface area contributed by atoms with Crippen molar-refractivity contribution >= 4 is 43.1 Å². The molecule has 0 aliphatic carbocycles. The summed E-state index contributed by atoms with van der Waals surface area (Å²) < 4.78 is 52.2. The second-order valence-electron chi connectivity index (χ2n) is 8.16. The first-order chi connectivity index (χ1) is 15.1. The van der Waals surface area contributed by atoms with E-state index in [9.17, 15) is 21.6 Å². The molecule has 0 radical (unpaired) electrons. The summed E-state index contributed by atoms with van der Waals surface area (Å²) in [6.45, 7) is 2.60. The summed E-state index contributed by atoms with van der Waals surface area (Å²) in [7, 11) is -7.15. The van der Waals surface area contributed by atoms with Crippen LogP contribution in [0.2, 0.25) is 5.02 Å². The Hall–Kier alpha value is -2.10. The van der Waals surface area contributed by atoms with Crippen LogP contribution in [0.15, 0.2) is 47.4 Å². The van der Waals surface area contributed by atoms with Gasteiger partial charge in [-0.05, 0) is 49.1 Å². The highest BCUT2D eigenvalue weighted by Crippen LogP contribution is 2.35. The maximum Gasteiger partial charge on any atom is 0.265 e. The molecule has 1 fully saturated rings. The van der Waals surface area contributed by atoms with Gasteiger partial charge < -0.3 is 4.90 Å². The molecule has 2 heterocycles. The van der Waals surface area contributed by atoms with Gasteiger partial charge in [-0.2, -0.15) is 0 Å². The first kappa shape index (κ1) is 23.1. The van der Waals surface area contributed by atoms with Gasteiger partial charge in [-0.1, -0.05) is 36.7 Å². The van der Waals surface area contributed by atoms with E-state index in [1.807, 2.05) is 19.1 Å². The number of para-hydroxylation sites is 1. The molecule has 10 heteroatoms. The van der Waals surface area contributed by atoms with Crippen molar-refractivity contribution in [1.82, 2.24) is 4.90 Å². The molecule has 172 valence electrons. The zero-order valence-corrected chi connectivity index (χ0v) is 20.1. The number of fused-ring (bicyclic) bond motifs is 1. The smallest absolute Gasteiger partial charge is 0.265 e. The highest BCUT2D eigenvalue weighted by Gasteiger charge is 2.36. The number of hydrogen-bond acceptors (Lipinski definition) is 5. The van der Waals surface area contributed by atoms with Gasteiger partial charge in [0, 0.05) is 24.7 Å². The number of hydrogen-bond donors (Lipinski definition) is 0. The molecule has 1 amide bonds. The van der Waals surface area contributed by atoms with Crippen molar-refractivity contribution in [2.45, 2.75) is 37.1 Å². The van der Waals surface area contributed by atoms with Crippen LogP contribution in [0.1, 0.15) is 35.7 Å². The average molecular weight is 497 g/mol. The topological polar surface area (TPSA) is 91.8 Å². The van der Waals surface area contributed by atoms with Crippen LogP contribution in [-0.2, 0) is 26.3 Å². The molecule has 0 N–H and O–H groups in total. The molecule has 7 nitrogen and oxygen atoms in total. The monoisotopic (exact) mass is 496 g/mol. The van der Waals surface area contributed by atoms with Crippen LogP contribution in [0.5, 0.6) is 0 Å². The van der Waals surface area contributed by atoms with E-state index in [0.717, 1.165) is 5.56 Å². The Kier molecular flexibility index (Phi) is 6.26. The highest BCUT2D eigenvalue weighted by molar-refractivity contribution is 7.93. The van der Waals surface area contributed by atoms with Gasteiger partial charge in [-0.3, -0.25) is 9.10 Å². The number of halogens is 1. The molecule has 1 unspecified atom stereocenters. The predicted octanol–water partition coefficient (Wildman–Crippen LogP) is 3.13. The van der Waals surface area contributed by atoms with Crippen molar-refractivity contribution in [2.75, 3.05) is 28.9 Å². The molecule has 0 bridgehead atoms. The van der Waals surface area contributed by atoms with E-state index in [1.54, 1.807) is 17.0 Å². The van der Waals surface area contributed by atoms with E-state index in [0.29, 0.717) is 38.0 Å². The lowest BCUT2D eigenvalue weighted by molar-refractivity contribution is 0.0697. The third-order valence-electron chi connectivity index (χ3n) is 5.97. The molecule has 0 spiro atoms. The number of rotatable bonds is 6. The minimum atomic E-state index is -3.98. The van der Waals surface area contributed by atoms with Crippen LogP contribution in [0, 0.1) is 0 Å². The third kappa shape index (κ3) is 4.25. The van der Waals surface area contributed by atoms with E-state index in [2.05, 4.69) is 0 Å². The molecule has 2 aliphatic rings. The Labute approximate surface area is 193 Å². The molecule has 4 rings (SSSR count). The maximum atomic E-state index is 13.5. The van der Waals surface area contributed by atoms with Gasteiger partial charge in [-0.25, -0.2) is 16.8 Å². The minimum Gasteiger partial charge on any atom is -0.335 e. The summed E-state index contributed by atoms with van der Waals surface area (Å²) >= 11 is 6.29. The Morgan fingerprint density at radius 2 is 1.97 bits per heavy atom. The lowest BCUT2D eigenvalue weighted by atomic mass is 10.1. The first-order valence-corrected chi connectivity index (χ1v) is 14.2. The number of amides is 1. The van der Waals surface area contributed by atoms with Crippen LogP contribution >= 0.6 is 11.6 Å². The van der Waals surface area contributed by atoms with Gasteiger partial charge in [-0.15, -0.1) is 0 Å². The van der Waals surface area contributed by atoms with Crippen molar-refractivity contribution < 1.29 is 21.6 Å². The van der Waals surface area contributed by atoms with Crippen LogP contribution in [0.4, 0.5) is 5.69 Å². The molecule has 0 saturated carbocycles. The predicted molar refractivity (Wildman–Crippen MR) is 125 cm³/mol. The van der Waals surface area contributed by atoms with Crippen LogP contribution in [-0.4, -0.2) is 58.3 Å². The number of sulfonamides is 1. The van der Waals surface area contributed by atoms with Crippen molar-refractivity contribution in [3.63, 3.8) is 0 Å². The average Bonchev–Trinajstić information content (AvgIpc) is 3.35. The molecule has 1 atom stereocenters. The standard InChI is InChI=1S/C22H25ClN2O5S2/c1-2-11-24(18-10-13-31(27,28)15-18)22(26)17-7-8-19(23)21(14-17)32(29,30)25-12-9-16-5-3-4-6-20(16)25/h3-8,14,18H,2,9-13,15H2,1H3. The summed E-state index contributed by atoms with van der Waals surface area (Å²) in [6.07, 6.45) is 1.65. The van der Waals surface area contributed by atoms with E-state index in [-0.39, 0.29) is 32.9 Å². The third-order valence-corrected chi connectivity index (χ3v) is 10.0. The van der Waals surface area contributed by atoms with Crippen molar-refractivity contribution in [3.05, 3.63) is 58.6 Å². The summed E-state index contributed by atoms with van der Waals surface area (Å²) in [4.78, 5) is 14.7. The lowest BCUT2D eigenvalue weighted by Gasteiger charge is -2.28. The Morgan fingerprint density at radius 3 is 2.66 bits per heavy atom. The quantitative estimate of drug-likeness (QED) is 0.612. The normalized spacial score (nSPS) is 19.7. The Balaban J connectivity index is 1.69. The number of sulfone groups is 1. The van der Waals surface area contributed by atoms with Crippen LogP contribution < -0.4 is 4.31 Å². The van der Waals surface area contributed by atoms with Crippen molar-refractivity contribution in [1.29, 1.82) is 0 Å². The lowest BCUT2D eigenvalue weighted by Crippen LogP contribution is -2.41. The number of carbonyl (C=O) groups is 1. The number of carbonyl (C=O) groups excluding carboxylic acids is 1. The second kappa shape index (κ2) is 8.68. The number of nitrogens with zero attached hydrogens (tertiary/aromatic N) is 2. The van der Waals surface area contributed by atoms with Crippen LogP contribution in [0.3, 0.4) is 0 Å². The fourth-order valence-electron chi connectivity index (χ4n) is 4.39. The molecule has 0 aromatic heterocycles. The Bertz CT molecular complexity index is 1260. The van der Waals surface area contributed by atoms with Gasteiger partial charge in [0.05, 0.1) is 22.2 Å². The van der Waals surface area contributed by atoms with E-state index in [4.69, 9.17) is 11.6 Å². The molecular weight excluding hydrogens is 472 g/mol. The molecular formula is C22H25ClN2O5S2. The maximum absolute atomic E-state index is 13.5. The zero-order chi connectivity index (χ0) is 23.1. The van der Waals surface area contributed by atoms with Crippen LogP contribution in [0.25, 0.3) is 0 Å². The Morgan fingerprint density at radius 1 is 1.22 bits per heavy atom. The summed E-state index contributed by atoms with van der Waals surface area (Å²) in [5.74, 6) is -0.397. The zero-order valence-electron chi connectivity index (χ0n) is 17.7. The number of benzene rings is 2. The molecule has 1 saturated heterocycles. The fraction of sp³-hybridized carbons (Fsp3) is 0.409. The van der Waals surface area contributed by atoms with Gasteiger partial charge in [0.15, 0.2) is 9.84 Å². The highest BCUT2D eigenvalue weighted by atomic mass is 35.5. The summed E-state index contributed by atoms with van der Waals surface area (Å²) in [6, 6.07) is 11.1. The SMILES string of the molecule is CCCN(C(=O)c1ccc(Cl)c(S(=O)(=O)N2CCc3ccccc32)c1)C1CCS(=O)(=O)C1. The second-order valence-corrected chi connectivity index (χ2v) is 12.6. The minimum absolute atomic E-state index is 0.0383. The van der Waals surface area contributed by atoms with E-state index < -0.39 is 25.9 Å². The molecule has 32 heavy (non-hydrogen) atoms. The molecule has 2 aromatic carbocycles. The van der Waals surface area contributed by atoms with E-state index >= 15 is 0 Å². The van der Waals surface area contributed by atoms with Crippen molar-refractivity contribution in [2.24, 2.45) is 0 Å². The summed E-state index contributed by atoms with van der Waals surface area (Å²) in [5.41, 5.74) is 1.73. The van der Waals surface area contributed by atoms with Gasteiger partial charge >= 0.3 is 0 Å². The number of anilines is 1. The largest absolute Gasteiger partial charge is 0.335 e. The van der Waals surface area contributed by atoms with Gasteiger partial charge in [0.1, 0.15) is 4.90 Å². The summed E-state index contributed by atoms with van der Waals surface area (Å²) in [5, 5.41) is 0.0383. The molecule has 2 aliphatic heterocycles. The van der Waals surface area contributed by atoms with Gasteiger partial charge in [0.25, 0.3) is 15.9 Å². The van der Waals surface area contributed by atoms with E-state index in [1.165, 1.54) is 22.5 Å².